The molecule has 0 radical (unpaired) electrons. The first-order chi connectivity index (χ1) is 8.99. The Hall–Kier alpha value is -2.31. The van der Waals surface area contributed by atoms with Crippen LogP contribution in [0.5, 0.6) is 0 Å². The van der Waals surface area contributed by atoms with Crippen molar-refractivity contribution in [2.75, 3.05) is 0 Å². The zero-order chi connectivity index (χ0) is 14.0. The van der Waals surface area contributed by atoms with Gasteiger partial charge in [-0.05, 0) is 35.0 Å². The summed E-state index contributed by atoms with van der Waals surface area (Å²) in [4.78, 5) is 10.9. The lowest BCUT2D eigenvalue weighted by atomic mass is 10.1. The number of carboxylic acids is 1. The SMILES string of the molecule is Cc1ccc(F)cc1-c1nnnn1CC(C)C(=O)O. The predicted octanol–water partition coefficient (Wildman–Crippen LogP) is 1.51. The molecule has 2 rings (SSSR count). The van der Waals surface area contributed by atoms with E-state index in [-0.39, 0.29) is 12.4 Å². The van der Waals surface area contributed by atoms with Crippen molar-refractivity contribution >= 4 is 5.97 Å². The Balaban J connectivity index is 2.39. The number of halogens is 1. The molecule has 1 unspecified atom stereocenters. The molecule has 19 heavy (non-hydrogen) atoms. The van der Waals surface area contributed by atoms with Gasteiger partial charge in [0.2, 0.25) is 0 Å². The highest BCUT2D eigenvalue weighted by Crippen LogP contribution is 2.22. The third kappa shape index (κ3) is 2.75. The van der Waals surface area contributed by atoms with Crippen LogP contribution in [0.2, 0.25) is 0 Å². The summed E-state index contributed by atoms with van der Waals surface area (Å²) in [5.41, 5.74) is 1.38. The molecule has 0 aliphatic carbocycles. The van der Waals surface area contributed by atoms with E-state index in [0.29, 0.717) is 11.4 Å². The number of tetrazole rings is 1. The molecule has 0 saturated heterocycles. The van der Waals surface area contributed by atoms with Crippen LogP contribution in [0.25, 0.3) is 11.4 Å². The van der Waals surface area contributed by atoms with E-state index in [9.17, 15) is 9.18 Å². The van der Waals surface area contributed by atoms with E-state index in [0.717, 1.165) is 5.56 Å². The molecule has 0 aliphatic heterocycles. The van der Waals surface area contributed by atoms with E-state index in [2.05, 4.69) is 15.5 Å². The van der Waals surface area contributed by atoms with Gasteiger partial charge >= 0.3 is 5.97 Å². The molecule has 1 atom stereocenters. The van der Waals surface area contributed by atoms with Crippen LogP contribution in [0, 0.1) is 18.7 Å². The summed E-state index contributed by atoms with van der Waals surface area (Å²) in [5.74, 6) is -1.58. The Bertz CT molecular complexity index is 612. The maximum Gasteiger partial charge on any atom is 0.308 e. The quantitative estimate of drug-likeness (QED) is 0.905. The average molecular weight is 264 g/mol. The minimum Gasteiger partial charge on any atom is -0.481 e. The molecule has 0 saturated carbocycles. The van der Waals surface area contributed by atoms with Crippen molar-refractivity contribution in [3.05, 3.63) is 29.6 Å². The molecule has 0 amide bonds. The van der Waals surface area contributed by atoms with Gasteiger partial charge in [0.25, 0.3) is 0 Å². The smallest absolute Gasteiger partial charge is 0.308 e. The molecule has 7 heteroatoms. The van der Waals surface area contributed by atoms with Crippen LogP contribution >= 0.6 is 0 Å². The second-order valence-electron chi connectivity index (χ2n) is 4.38. The molecule has 0 aliphatic rings. The Labute approximate surface area is 108 Å². The predicted molar refractivity (Wildman–Crippen MR) is 64.7 cm³/mol. The van der Waals surface area contributed by atoms with E-state index in [1.807, 2.05) is 6.92 Å². The standard InChI is InChI=1S/C12H13FN4O2/c1-7-3-4-9(13)5-10(7)11-14-15-16-17(11)6-8(2)12(18)19/h3-5,8H,6H2,1-2H3,(H,18,19). The average Bonchev–Trinajstić information content (AvgIpc) is 2.80. The molecule has 2 aromatic rings. The molecule has 1 aromatic heterocycles. The molecule has 100 valence electrons. The zero-order valence-electron chi connectivity index (χ0n) is 10.5. The van der Waals surface area contributed by atoms with E-state index in [1.165, 1.54) is 16.8 Å². The summed E-state index contributed by atoms with van der Waals surface area (Å²) >= 11 is 0. The fourth-order valence-electron chi connectivity index (χ4n) is 1.69. The molecule has 6 nitrogen and oxygen atoms in total. The van der Waals surface area contributed by atoms with E-state index < -0.39 is 11.9 Å². The second-order valence-corrected chi connectivity index (χ2v) is 4.38. The van der Waals surface area contributed by atoms with Gasteiger partial charge in [0.05, 0.1) is 12.5 Å². The number of nitrogens with zero attached hydrogens (tertiary/aromatic N) is 4. The molecule has 0 fully saturated rings. The summed E-state index contributed by atoms with van der Waals surface area (Å²) in [7, 11) is 0. The number of benzene rings is 1. The minimum atomic E-state index is -0.933. The largest absolute Gasteiger partial charge is 0.481 e. The van der Waals surface area contributed by atoms with Gasteiger partial charge < -0.3 is 5.11 Å². The number of hydrogen-bond donors (Lipinski definition) is 1. The maximum absolute atomic E-state index is 13.3. The van der Waals surface area contributed by atoms with Crippen LogP contribution in [0.4, 0.5) is 4.39 Å². The summed E-state index contributed by atoms with van der Waals surface area (Å²) in [6.07, 6.45) is 0. The molecular weight excluding hydrogens is 251 g/mol. The van der Waals surface area contributed by atoms with Gasteiger partial charge in [-0.15, -0.1) is 5.10 Å². The van der Waals surface area contributed by atoms with Gasteiger partial charge in [0.1, 0.15) is 5.82 Å². The van der Waals surface area contributed by atoms with Gasteiger partial charge in [-0.25, -0.2) is 9.07 Å². The Kier molecular flexibility index (Phi) is 3.55. The summed E-state index contributed by atoms with van der Waals surface area (Å²) in [6, 6.07) is 4.32. The Morgan fingerprint density at radius 3 is 2.95 bits per heavy atom. The van der Waals surface area contributed by atoms with Crippen molar-refractivity contribution in [2.24, 2.45) is 5.92 Å². The fraction of sp³-hybridized carbons (Fsp3) is 0.333. The van der Waals surface area contributed by atoms with E-state index in [1.54, 1.807) is 13.0 Å². The lowest BCUT2D eigenvalue weighted by Crippen LogP contribution is -2.18. The van der Waals surface area contributed by atoms with Crippen molar-refractivity contribution in [1.82, 2.24) is 20.2 Å². The van der Waals surface area contributed by atoms with Crippen LogP contribution < -0.4 is 0 Å². The minimum absolute atomic E-state index is 0.133. The first kappa shape index (κ1) is 13.1. The third-order valence-corrected chi connectivity index (χ3v) is 2.84. The highest BCUT2D eigenvalue weighted by Gasteiger charge is 2.17. The van der Waals surface area contributed by atoms with Crippen molar-refractivity contribution in [1.29, 1.82) is 0 Å². The highest BCUT2D eigenvalue weighted by atomic mass is 19.1. The second kappa shape index (κ2) is 5.13. The molecule has 1 N–H and O–H groups in total. The molecular formula is C12H13FN4O2. The fourth-order valence-corrected chi connectivity index (χ4v) is 1.69. The van der Waals surface area contributed by atoms with Gasteiger partial charge in [0, 0.05) is 5.56 Å². The van der Waals surface area contributed by atoms with Gasteiger partial charge in [0.15, 0.2) is 5.82 Å². The van der Waals surface area contributed by atoms with Gasteiger partial charge in [-0.1, -0.05) is 13.0 Å². The van der Waals surface area contributed by atoms with Gasteiger partial charge in [-0.2, -0.15) is 0 Å². The number of carboxylic acid groups (broad SMARTS) is 1. The van der Waals surface area contributed by atoms with Crippen LogP contribution in [0.15, 0.2) is 18.2 Å². The number of aliphatic carboxylic acids is 1. The van der Waals surface area contributed by atoms with Crippen molar-refractivity contribution in [2.45, 2.75) is 20.4 Å². The van der Waals surface area contributed by atoms with Gasteiger partial charge in [-0.3, -0.25) is 4.79 Å². The number of hydrogen-bond acceptors (Lipinski definition) is 4. The van der Waals surface area contributed by atoms with E-state index in [4.69, 9.17) is 5.11 Å². The topological polar surface area (TPSA) is 80.9 Å². The number of aryl methyl sites for hydroxylation is 1. The first-order valence-corrected chi connectivity index (χ1v) is 5.74. The summed E-state index contributed by atoms with van der Waals surface area (Å²) in [5, 5.41) is 20.0. The van der Waals surface area contributed by atoms with Crippen molar-refractivity contribution in [3.8, 4) is 11.4 Å². The lowest BCUT2D eigenvalue weighted by molar-refractivity contribution is -0.141. The van der Waals surface area contributed by atoms with Crippen LogP contribution in [-0.4, -0.2) is 31.3 Å². The zero-order valence-corrected chi connectivity index (χ0v) is 10.5. The summed E-state index contributed by atoms with van der Waals surface area (Å²) in [6.45, 7) is 3.51. The molecule has 0 spiro atoms. The van der Waals surface area contributed by atoms with Crippen LogP contribution in [0.1, 0.15) is 12.5 Å². The van der Waals surface area contributed by atoms with Crippen molar-refractivity contribution < 1.29 is 14.3 Å². The third-order valence-electron chi connectivity index (χ3n) is 2.84. The number of rotatable bonds is 4. The Morgan fingerprint density at radius 2 is 2.26 bits per heavy atom. The van der Waals surface area contributed by atoms with Crippen molar-refractivity contribution in [3.63, 3.8) is 0 Å². The Morgan fingerprint density at radius 1 is 1.53 bits per heavy atom. The van der Waals surface area contributed by atoms with Crippen LogP contribution in [-0.2, 0) is 11.3 Å². The lowest BCUT2D eigenvalue weighted by Gasteiger charge is -2.09. The summed E-state index contributed by atoms with van der Waals surface area (Å²) < 4.78 is 14.7. The number of aromatic nitrogens is 4. The maximum atomic E-state index is 13.3. The highest BCUT2D eigenvalue weighted by molar-refractivity contribution is 5.69. The monoisotopic (exact) mass is 264 g/mol. The molecule has 1 aromatic carbocycles. The first-order valence-electron chi connectivity index (χ1n) is 5.74. The number of carbonyl (C=O) groups is 1. The molecule has 0 bridgehead atoms. The molecule has 1 heterocycles. The normalized spacial score (nSPS) is 12.4. The van der Waals surface area contributed by atoms with E-state index >= 15 is 0 Å². The van der Waals surface area contributed by atoms with Crippen LogP contribution in [0.3, 0.4) is 0 Å².